The Kier molecular flexibility index (Phi) is 9.17. The average molecular weight is 531 g/mol. The van der Waals surface area contributed by atoms with Crippen molar-refractivity contribution in [3.05, 3.63) is 69.7 Å². The molecule has 35 heavy (non-hydrogen) atoms. The number of nitrogens with one attached hydrogen (secondary N) is 1. The number of halogens is 5. The van der Waals surface area contributed by atoms with Crippen molar-refractivity contribution in [3.63, 3.8) is 0 Å². The zero-order valence-corrected chi connectivity index (χ0v) is 20.2. The van der Waals surface area contributed by atoms with E-state index in [2.05, 4.69) is 25.2 Å². The van der Waals surface area contributed by atoms with Gasteiger partial charge in [0, 0.05) is 22.0 Å². The fraction of sp³-hybridized carbons (Fsp3) is 0.375. The standard InChI is InChI=1S/C22H22Cl2N2O2.C2HF3O2/c1-13(2)10-18-22(12-25,15-6-8-16(23)9-7-15)19(20(26-18)21(27)28)14-4-3-5-17(24)11-14;3-2(4,5)1(6)7/h3-9,11,13,18-20,26H,10H2,1-2H3,(H,27,28);(H,6,7)/t18-,19-,20+,22-;/m0./s1. The molecule has 0 bridgehead atoms. The molecule has 1 heterocycles. The highest BCUT2D eigenvalue weighted by atomic mass is 35.5. The van der Waals surface area contributed by atoms with Gasteiger partial charge in [-0.2, -0.15) is 18.4 Å². The number of alkyl halides is 3. The van der Waals surface area contributed by atoms with Crippen molar-refractivity contribution in [3.8, 4) is 6.07 Å². The van der Waals surface area contributed by atoms with Crippen LogP contribution in [0.2, 0.25) is 10.0 Å². The molecule has 1 aliphatic rings. The Morgan fingerprint density at radius 1 is 1.11 bits per heavy atom. The van der Waals surface area contributed by atoms with Gasteiger partial charge in [0.05, 0.1) is 6.07 Å². The maximum atomic E-state index is 12.2. The number of rotatable bonds is 5. The number of carboxylic acid groups (broad SMARTS) is 2. The highest BCUT2D eigenvalue weighted by Gasteiger charge is 2.59. The molecule has 188 valence electrons. The van der Waals surface area contributed by atoms with E-state index in [0.29, 0.717) is 16.5 Å². The Balaban J connectivity index is 0.000000540. The molecule has 0 saturated carbocycles. The Labute approximate surface area is 210 Å². The van der Waals surface area contributed by atoms with Crippen LogP contribution in [0.1, 0.15) is 37.3 Å². The smallest absolute Gasteiger partial charge is 0.480 e. The molecule has 0 aliphatic carbocycles. The summed E-state index contributed by atoms with van der Waals surface area (Å²) in [5.74, 6) is -4.05. The van der Waals surface area contributed by atoms with Gasteiger partial charge in [-0.3, -0.25) is 10.1 Å². The lowest BCUT2D eigenvalue weighted by Gasteiger charge is -2.35. The lowest BCUT2D eigenvalue weighted by molar-refractivity contribution is -0.192. The molecule has 0 amide bonds. The molecule has 1 saturated heterocycles. The summed E-state index contributed by atoms with van der Waals surface area (Å²) >= 11 is 12.3. The first-order valence-corrected chi connectivity index (χ1v) is 11.2. The molecular weight excluding hydrogens is 508 g/mol. The molecule has 2 aromatic rings. The Morgan fingerprint density at radius 3 is 2.11 bits per heavy atom. The minimum Gasteiger partial charge on any atom is -0.480 e. The predicted octanol–water partition coefficient (Wildman–Crippen LogP) is 5.64. The molecule has 0 aromatic heterocycles. The minimum atomic E-state index is -5.08. The summed E-state index contributed by atoms with van der Waals surface area (Å²) in [6.45, 7) is 4.13. The summed E-state index contributed by atoms with van der Waals surface area (Å²) in [6, 6.07) is 15.5. The zero-order valence-electron chi connectivity index (χ0n) is 18.7. The maximum Gasteiger partial charge on any atom is 0.490 e. The molecule has 1 aliphatic heterocycles. The van der Waals surface area contributed by atoms with E-state index >= 15 is 0 Å². The molecule has 2 aromatic carbocycles. The van der Waals surface area contributed by atoms with Crippen LogP contribution in [0.25, 0.3) is 0 Å². The molecule has 3 N–H and O–H groups in total. The van der Waals surface area contributed by atoms with Crippen LogP contribution in [0.3, 0.4) is 0 Å². The van der Waals surface area contributed by atoms with E-state index in [1.165, 1.54) is 0 Å². The first-order valence-electron chi connectivity index (χ1n) is 10.5. The Bertz CT molecular complexity index is 1100. The van der Waals surface area contributed by atoms with Gasteiger partial charge in [-0.15, -0.1) is 0 Å². The average Bonchev–Trinajstić information content (AvgIpc) is 3.08. The quantitative estimate of drug-likeness (QED) is 0.461. The number of nitriles is 1. The van der Waals surface area contributed by atoms with E-state index in [4.69, 9.17) is 33.1 Å². The second-order valence-corrected chi connectivity index (χ2v) is 9.36. The van der Waals surface area contributed by atoms with Crippen LogP contribution >= 0.6 is 23.2 Å². The predicted molar refractivity (Wildman–Crippen MR) is 124 cm³/mol. The third kappa shape index (κ3) is 6.45. The molecule has 0 unspecified atom stereocenters. The fourth-order valence-electron chi connectivity index (χ4n) is 4.34. The van der Waals surface area contributed by atoms with Crippen LogP contribution in [0.4, 0.5) is 13.2 Å². The Morgan fingerprint density at radius 2 is 1.69 bits per heavy atom. The van der Waals surface area contributed by atoms with Gasteiger partial charge in [-0.25, -0.2) is 4.79 Å². The van der Waals surface area contributed by atoms with Gasteiger partial charge in [0.1, 0.15) is 11.5 Å². The molecule has 0 spiro atoms. The van der Waals surface area contributed by atoms with Gasteiger partial charge in [0.15, 0.2) is 0 Å². The van der Waals surface area contributed by atoms with E-state index in [-0.39, 0.29) is 12.0 Å². The largest absolute Gasteiger partial charge is 0.490 e. The summed E-state index contributed by atoms with van der Waals surface area (Å²) in [5, 5.41) is 31.9. The van der Waals surface area contributed by atoms with Crippen molar-refractivity contribution in [2.45, 2.75) is 49.9 Å². The number of benzene rings is 2. The molecular formula is C24H23Cl2F3N2O4. The Hall–Kier alpha value is -2.80. The molecule has 11 heteroatoms. The molecule has 1 fully saturated rings. The zero-order chi connectivity index (χ0) is 26.6. The summed E-state index contributed by atoms with van der Waals surface area (Å²) in [6.07, 6.45) is -4.42. The van der Waals surface area contributed by atoms with Gasteiger partial charge >= 0.3 is 18.1 Å². The van der Waals surface area contributed by atoms with Crippen LogP contribution in [0.5, 0.6) is 0 Å². The van der Waals surface area contributed by atoms with E-state index in [9.17, 15) is 28.3 Å². The number of carbonyl (C=O) groups is 2. The lowest BCUT2D eigenvalue weighted by Crippen LogP contribution is -2.42. The normalized spacial score (nSPS) is 23.8. The van der Waals surface area contributed by atoms with E-state index in [1.54, 1.807) is 30.3 Å². The highest BCUT2D eigenvalue weighted by molar-refractivity contribution is 6.30. The number of hydrogen-bond acceptors (Lipinski definition) is 4. The highest BCUT2D eigenvalue weighted by Crippen LogP contribution is 2.50. The summed E-state index contributed by atoms with van der Waals surface area (Å²) in [4.78, 5) is 21.1. The van der Waals surface area contributed by atoms with Crippen LogP contribution in [-0.2, 0) is 15.0 Å². The van der Waals surface area contributed by atoms with Crippen LogP contribution in [0, 0.1) is 17.2 Å². The molecule has 4 atom stereocenters. The lowest BCUT2D eigenvalue weighted by atomic mass is 9.64. The molecule has 3 rings (SSSR count). The third-order valence-corrected chi connectivity index (χ3v) is 6.17. The number of hydrogen-bond donors (Lipinski definition) is 3. The topological polar surface area (TPSA) is 110 Å². The molecule has 6 nitrogen and oxygen atoms in total. The van der Waals surface area contributed by atoms with Crippen molar-refractivity contribution in [1.29, 1.82) is 5.26 Å². The van der Waals surface area contributed by atoms with E-state index in [1.807, 2.05) is 18.2 Å². The van der Waals surface area contributed by atoms with Crippen molar-refractivity contribution in [1.82, 2.24) is 5.32 Å². The third-order valence-electron chi connectivity index (χ3n) is 5.68. The van der Waals surface area contributed by atoms with Gasteiger partial charge in [-0.05, 0) is 47.7 Å². The first-order chi connectivity index (χ1) is 16.2. The van der Waals surface area contributed by atoms with E-state index < -0.39 is 35.5 Å². The number of carboxylic acids is 2. The summed E-state index contributed by atoms with van der Waals surface area (Å²) < 4.78 is 31.7. The van der Waals surface area contributed by atoms with Crippen molar-refractivity contribution in [2.75, 3.05) is 0 Å². The van der Waals surface area contributed by atoms with Crippen molar-refractivity contribution >= 4 is 35.1 Å². The fourth-order valence-corrected chi connectivity index (χ4v) is 4.66. The van der Waals surface area contributed by atoms with Gasteiger partial charge < -0.3 is 10.2 Å². The van der Waals surface area contributed by atoms with E-state index in [0.717, 1.165) is 11.1 Å². The van der Waals surface area contributed by atoms with Crippen molar-refractivity contribution < 1.29 is 33.0 Å². The van der Waals surface area contributed by atoms with Gasteiger partial charge in [0.2, 0.25) is 0 Å². The van der Waals surface area contributed by atoms with Crippen LogP contribution in [-0.4, -0.2) is 40.4 Å². The first kappa shape index (κ1) is 28.4. The van der Waals surface area contributed by atoms with Crippen LogP contribution < -0.4 is 5.32 Å². The monoisotopic (exact) mass is 530 g/mol. The van der Waals surface area contributed by atoms with Gasteiger partial charge in [-0.1, -0.05) is 61.3 Å². The number of nitrogens with zero attached hydrogens (tertiary/aromatic N) is 1. The molecule has 0 radical (unpaired) electrons. The second kappa shape index (κ2) is 11.3. The van der Waals surface area contributed by atoms with Crippen molar-refractivity contribution in [2.24, 2.45) is 5.92 Å². The summed E-state index contributed by atoms with van der Waals surface area (Å²) in [5.41, 5.74) is 0.421. The maximum absolute atomic E-state index is 12.2. The second-order valence-electron chi connectivity index (χ2n) is 8.49. The van der Waals surface area contributed by atoms with Gasteiger partial charge in [0.25, 0.3) is 0 Å². The SMILES string of the molecule is CC(C)C[C@@H]1N[C@@H](C(=O)O)[C@H](c2cccc(Cl)c2)[C@@]1(C#N)c1ccc(Cl)cc1.O=C(O)C(F)(F)F. The minimum absolute atomic E-state index is 0.282. The number of aliphatic carboxylic acids is 2. The summed E-state index contributed by atoms with van der Waals surface area (Å²) in [7, 11) is 0. The van der Waals surface area contributed by atoms with Crippen LogP contribution in [0.15, 0.2) is 48.5 Å².